The van der Waals surface area contributed by atoms with E-state index in [9.17, 15) is 19.5 Å². The van der Waals surface area contributed by atoms with Crippen LogP contribution in [0.5, 0.6) is 0 Å². The Kier molecular flexibility index (Phi) is 4.67. The highest BCUT2D eigenvalue weighted by Gasteiger charge is 2.27. The summed E-state index contributed by atoms with van der Waals surface area (Å²) in [5.41, 5.74) is 0.644. The van der Waals surface area contributed by atoms with Crippen molar-refractivity contribution in [1.29, 1.82) is 5.26 Å². The largest absolute Gasteiger partial charge is 0.545 e. The summed E-state index contributed by atoms with van der Waals surface area (Å²) >= 11 is 5.92. The van der Waals surface area contributed by atoms with Crippen LogP contribution in [-0.2, 0) is 9.59 Å². The molecule has 0 spiro atoms. The molecule has 1 aliphatic rings. The first kappa shape index (κ1) is 18.2. The van der Waals surface area contributed by atoms with E-state index >= 15 is 0 Å². The molecule has 2 heterocycles. The lowest BCUT2D eigenvalue weighted by atomic mass is 9.96. The van der Waals surface area contributed by atoms with Crippen molar-refractivity contribution in [2.75, 3.05) is 0 Å². The van der Waals surface area contributed by atoms with Crippen LogP contribution < -0.4 is 10.4 Å². The van der Waals surface area contributed by atoms with Crippen molar-refractivity contribution >= 4 is 35.5 Å². The molecule has 3 rings (SSSR count). The Balaban J connectivity index is 1.98. The summed E-state index contributed by atoms with van der Waals surface area (Å²) in [6.45, 7) is 1.50. The van der Waals surface area contributed by atoms with Gasteiger partial charge in [-0.1, -0.05) is 23.7 Å². The van der Waals surface area contributed by atoms with E-state index in [0.717, 1.165) is 0 Å². The van der Waals surface area contributed by atoms with Gasteiger partial charge in [-0.3, -0.25) is 14.9 Å². The molecule has 7 nitrogen and oxygen atoms in total. The molecule has 1 N–H and O–H groups in total. The smallest absolute Gasteiger partial charge is 0.269 e. The maximum Gasteiger partial charge on any atom is 0.269 e. The Bertz CT molecular complexity index is 1100. The fourth-order valence-electron chi connectivity index (χ4n) is 2.58. The number of nitrogens with zero attached hydrogens (tertiary/aromatic N) is 1. The molecule has 2 aromatic rings. The van der Waals surface area contributed by atoms with E-state index in [1.165, 1.54) is 31.2 Å². The summed E-state index contributed by atoms with van der Waals surface area (Å²) in [5.74, 6) is -2.05. The average molecular weight is 382 g/mol. The lowest BCUT2D eigenvalue weighted by Crippen LogP contribution is -2.37. The predicted octanol–water partition coefficient (Wildman–Crippen LogP) is 1.84. The Labute approximate surface area is 158 Å². The van der Waals surface area contributed by atoms with Crippen molar-refractivity contribution < 1.29 is 23.9 Å². The third-order valence-electron chi connectivity index (χ3n) is 3.98. The van der Waals surface area contributed by atoms with Gasteiger partial charge in [0.2, 0.25) is 0 Å². The number of halogens is 1. The minimum atomic E-state index is -1.38. The number of furan rings is 1. The molecular weight excluding hydrogens is 372 g/mol. The average Bonchev–Trinajstić information content (AvgIpc) is 3.07. The number of benzene rings is 1. The molecule has 0 fully saturated rings. The maximum absolute atomic E-state index is 12.0. The highest BCUT2D eigenvalue weighted by Crippen LogP contribution is 2.29. The summed E-state index contributed by atoms with van der Waals surface area (Å²) in [6, 6.07) is 9.22. The molecule has 8 heteroatoms. The van der Waals surface area contributed by atoms with Crippen LogP contribution in [0.4, 0.5) is 0 Å². The van der Waals surface area contributed by atoms with Crippen LogP contribution in [0.25, 0.3) is 17.4 Å². The summed E-state index contributed by atoms with van der Waals surface area (Å²) in [6.07, 6.45) is 1.41. The molecule has 0 bridgehead atoms. The molecule has 0 atom stereocenters. The van der Waals surface area contributed by atoms with Gasteiger partial charge in [0.1, 0.15) is 23.2 Å². The van der Waals surface area contributed by atoms with Gasteiger partial charge in [0.15, 0.2) is 0 Å². The predicted molar refractivity (Wildman–Crippen MR) is 92.9 cm³/mol. The first-order chi connectivity index (χ1) is 12.8. The van der Waals surface area contributed by atoms with Crippen molar-refractivity contribution in [3.63, 3.8) is 0 Å². The van der Waals surface area contributed by atoms with Crippen LogP contribution in [0.2, 0.25) is 5.02 Å². The summed E-state index contributed by atoms with van der Waals surface area (Å²) in [5, 5.41) is 22.1. The van der Waals surface area contributed by atoms with Gasteiger partial charge in [0.05, 0.1) is 11.0 Å². The lowest BCUT2D eigenvalue weighted by molar-refractivity contribution is -0.255. The Morgan fingerprint density at radius 2 is 2.00 bits per heavy atom. The van der Waals surface area contributed by atoms with Crippen molar-refractivity contribution in [2.24, 2.45) is 0 Å². The third kappa shape index (κ3) is 3.38. The standard InChI is InChI=1S/C19H11ClN2O5/c1-9-13(17(23)22-18(24)14(9)8-21)7-11-3-5-16(27-11)10-2-4-12(19(25)26)15(20)6-10/h2-7H,1H3,(H,25,26)(H,22,23,24)/p-1/b13-7-. The van der Waals surface area contributed by atoms with E-state index in [4.69, 9.17) is 21.3 Å². The highest BCUT2D eigenvalue weighted by molar-refractivity contribution is 6.33. The van der Waals surface area contributed by atoms with Crippen molar-refractivity contribution in [1.82, 2.24) is 5.32 Å². The van der Waals surface area contributed by atoms with E-state index in [2.05, 4.69) is 5.32 Å². The topological polar surface area (TPSA) is 123 Å². The maximum atomic E-state index is 12.0. The second kappa shape index (κ2) is 6.94. The van der Waals surface area contributed by atoms with Crippen LogP contribution in [0.1, 0.15) is 23.0 Å². The molecule has 134 valence electrons. The number of hydrogen-bond donors (Lipinski definition) is 1. The first-order valence-corrected chi connectivity index (χ1v) is 7.99. The number of nitriles is 1. The van der Waals surface area contributed by atoms with E-state index in [1.807, 2.05) is 0 Å². The number of carboxylic acid groups (broad SMARTS) is 1. The molecule has 0 radical (unpaired) electrons. The van der Waals surface area contributed by atoms with Gasteiger partial charge in [-0.25, -0.2) is 0 Å². The van der Waals surface area contributed by atoms with Gasteiger partial charge in [-0.05, 0) is 36.8 Å². The Morgan fingerprint density at radius 1 is 1.26 bits per heavy atom. The number of amides is 2. The van der Waals surface area contributed by atoms with Crippen LogP contribution in [0, 0.1) is 11.3 Å². The third-order valence-corrected chi connectivity index (χ3v) is 4.29. The number of imide groups is 1. The molecule has 1 aromatic heterocycles. The SMILES string of the molecule is CC1=C(C#N)C(=O)NC(=O)/C1=C\c1ccc(-c2ccc(C(=O)[O-])c(Cl)c2)o1. The van der Waals surface area contributed by atoms with Crippen LogP contribution in [0.15, 0.2) is 51.5 Å². The minimum Gasteiger partial charge on any atom is -0.545 e. The summed E-state index contributed by atoms with van der Waals surface area (Å²) in [7, 11) is 0. The van der Waals surface area contributed by atoms with Crippen molar-refractivity contribution in [2.45, 2.75) is 6.92 Å². The second-order valence-corrected chi connectivity index (χ2v) is 6.04. The number of aromatic carboxylic acids is 1. The molecule has 1 aromatic carbocycles. The molecule has 27 heavy (non-hydrogen) atoms. The molecule has 2 amide bonds. The molecule has 0 saturated carbocycles. The number of hydrogen-bond acceptors (Lipinski definition) is 6. The summed E-state index contributed by atoms with van der Waals surface area (Å²) in [4.78, 5) is 34.6. The van der Waals surface area contributed by atoms with E-state index in [-0.39, 0.29) is 27.3 Å². The monoisotopic (exact) mass is 381 g/mol. The second-order valence-electron chi connectivity index (χ2n) is 5.64. The summed E-state index contributed by atoms with van der Waals surface area (Å²) < 4.78 is 5.65. The number of carbonyl (C=O) groups is 3. The number of carboxylic acids is 1. The molecule has 0 saturated heterocycles. The van der Waals surface area contributed by atoms with E-state index < -0.39 is 17.8 Å². The Hall–Kier alpha value is -3.63. The molecular formula is C19H10ClN2O5-. The van der Waals surface area contributed by atoms with Gasteiger partial charge >= 0.3 is 0 Å². The highest BCUT2D eigenvalue weighted by atomic mass is 35.5. The zero-order chi connectivity index (χ0) is 19.7. The van der Waals surface area contributed by atoms with E-state index in [0.29, 0.717) is 17.1 Å². The lowest BCUT2D eigenvalue weighted by Gasteiger charge is -2.15. The van der Waals surface area contributed by atoms with Crippen molar-refractivity contribution in [3.8, 4) is 17.4 Å². The van der Waals surface area contributed by atoms with Gasteiger partial charge in [-0.15, -0.1) is 0 Å². The Morgan fingerprint density at radius 3 is 2.63 bits per heavy atom. The fourth-order valence-corrected chi connectivity index (χ4v) is 2.84. The fraction of sp³-hybridized carbons (Fsp3) is 0.0526. The normalized spacial score (nSPS) is 15.7. The minimum absolute atomic E-state index is 0.00594. The zero-order valence-corrected chi connectivity index (χ0v) is 14.6. The number of rotatable bonds is 3. The molecule has 0 aliphatic carbocycles. The molecule has 0 unspecified atom stereocenters. The van der Waals surface area contributed by atoms with Crippen LogP contribution >= 0.6 is 11.6 Å². The van der Waals surface area contributed by atoms with Crippen LogP contribution in [0.3, 0.4) is 0 Å². The van der Waals surface area contributed by atoms with Gasteiger partial charge in [0, 0.05) is 16.7 Å². The first-order valence-electron chi connectivity index (χ1n) is 7.61. The number of nitrogens with one attached hydrogen (secondary N) is 1. The molecule has 1 aliphatic heterocycles. The van der Waals surface area contributed by atoms with E-state index in [1.54, 1.807) is 18.2 Å². The quantitative estimate of drug-likeness (QED) is 0.639. The van der Waals surface area contributed by atoms with Gasteiger partial charge < -0.3 is 14.3 Å². The number of carbonyl (C=O) groups excluding carboxylic acids is 3. The van der Waals surface area contributed by atoms with Gasteiger partial charge in [0.25, 0.3) is 11.8 Å². The van der Waals surface area contributed by atoms with Crippen LogP contribution in [-0.4, -0.2) is 17.8 Å². The zero-order valence-electron chi connectivity index (χ0n) is 13.8. The van der Waals surface area contributed by atoms with Crippen molar-refractivity contribution in [3.05, 3.63) is 63.4 Å². The van der Waals surface area contributed by atoms with Gasteiger partial charge in [-0.2, -0.15) is 5.26 Å².